The van der Waals surface area contributed by atoms with Crippen molar-refractivity contribution in [2.75, 3.05) is 31.2 Å². The van der Waals surface area contributed by atoms with Gasteiger partial charge < -0.3 is 15.0 Å². The van der Waals surface area contributed by atoms with Gasteiger partial charge in [0.25, 0.3) is 5.91 Å². The summed E-state index contributed by atoms with van der Waals surface area (Å²) in [4.78, 5) is 30.7. The van der Waals surface area contributed by atoms with Crippen LogP contribution in [-0.2, 0) is 11.2 Å². The number of thioether (sulfide) groups is 1. The average molecular weight is 476 g/mol. The monoisotopic (exact) mass is 475 g/mol. The normalized spacial score (nSPS) is 18.0. The van der Waals surface area contributed by atoms with Crippen molar-refractivity contribution in [3.8, 4) is 11.4 Å². The third-order valence-electron chi connectivity index (χ3n) is 6.31. The van der Waals surface area contributed by atoms with Crippen LogP contribution in [0.4, 0.5) is 5.82 Å². The van der Waals surface area contributed by atoms with E-state index in [9.17, 15) is 4.79 Å². The van der Waals surface area contributed by atoms with Crippen molar-refractivity contribution in [2.24, 2.45) is 0 Å². The van der Waals surface area contributed by atoms with Crippen LogP contribution >= 0.6 is 11.8 Å². The molecule has 2 aromatic heterocycles. The fourth-order valence-corrected chi connectivity index (χ4v) is 5.68. The molecule has 1 unspecified atom stereocenters. The van der Waals surface area contributed by atoms with Crippen molar-refractivity contribution in [3.63, 3.8) is 0 Å². The molecule has 4 heterocycles. The van der Waals surface area contributed by atoms with Gasteiger partial charge in [0.15, 0.2) is 5.82 Å². The predicted molar refractivity (Wildman–Crippen MR) is 134 cm³/mol. The van der Waals surface area contributed by atoms with Crippen molar-refractivity contribution >= 4 is 23.5 Å². The number of amides is 1. The van der Waals surface area contributed by atoms with Gasteiger partial charge in [0.2, 0.25) is 0 Å². The van der Waals surface area contributed by atoms with E-state index in [1.807, 2.05) is 55.6 Å². The van der Waals surface area contributed by atoms with Gasteiger partial charge in [0, 0.05) is 53.3 Å². The summed E-state index contributed by atoms with van der Waals surface area (Å²) in [5, 5.41) is 3.38. The number of nitrogens with one attached hydrogen (secondary N) is 1. The Bertz CT molecular complexity index is 1180. The summed E-state index contributed by atoms with van der Waals surface area (Å²) >= 11 is 1.77. The number of aryl methyl sites for hydroxylation is 1. The molecule has 34 heavy (non-hydrogen) atoms. The Morgan fingerprint density at radius 3 is 2.59 bits per heavy atom. The van der Waals surface area contributed by atoms with Gasteiger partial charge >= 0.3 is 0 Å². The zero-order valence-corrected chi connectivity index (χ0v) is 20.6. The van der Waals surface area contributed by atoms with Crippen molar-refractivity contribution in [3.05, 3.63) is 65.6 Å². The molecule has 0 spiro atoms. The minimum atomic E-state index is -0.438. The Labute approximate surface area is 204 Å². The standard InChI is InChI=1S/C26H29N5O2S/c1-17-9-10-19(16-27-17)23-28-20-15-21(26(2,3)30-25(32)18-7-5-4-6-8-18)34-22(20)24(29-23)31-11-13-33-14-12-31/h4-10,16,21H,11-15H2,1-3H3,(H,30,32). The quantitative estimate of drug-likeness (QED) is 0.599. The fraction of sp³-hybridized carbons (Fsp3) is 0.385. The molecule has 2 aliphatic heterocycles. The van der Waals surface area contributed by atoms with E-state index < -0.39 is 5.54 Å². The van der Waals surface area contributed by atoms with Crippen molar-refractivity contribution in [1.82, 2.24) is 20.3 Å². The van der Waals surface area contributed by atoms with Crippen LogP contribution < -0.4 is 10.2 Å². The van der Waals surface area contributed by atoms with E-state index in [1.165, 1.54) is 0 Å². The molecule has 7 nitrogen and oxygen atoms in total. The van der Waals surface area contributed by atoms with Crippen LogP contribution in [0.25, 0.3) is 11.4 Å². The number of aromatic nitrogens is 3. The molecule has 1 aromatic carbocycles. The Balaban J connectivity index is 1.45. The van der Waals surface area contributed by atoms with Gasteiger partial charge in [-0.25, -0.2) is 9.97 Å². The van der Waals surface area contributed by atoms with E-state index in [0.717, 1.165) is 47.2 Å². The molecular formula is C26H29N5O2S. The van der Waals surface area contributed by atoms with Crippen LogP contribution in [0.1, 0.15) is 35.6 Å². The topological polar surface area (TPSA) is 80.2 Å². The number of carbonyl (C=O) groups is 1. The highest BCUT2D eigenvalue weighted by Crippen LogP contribution is 2.46. The molecule has 1 N–H and O–H groups in total. The number of morpholine rings is 1. The van der Waals surface area contributed by atoms with E-state index in [4.69, 9.17) is 14.7 Å². The molecule has 5 rings (SSSR count). The number of carbonyl (C=O) groups excluding carboxylic acids is 1. The van der Waals surface area contributed by atoms with Crippen LogP contribution in [0.5, 0.6) is 0 Å². The lowest BCUT2D eigenvalue weighted by Gasteiger charge is -2.32. The van der Waals surface area contributed by atoms with Crippen LogP contribution in [0.3, 0.4) is 0 Å². The average Bonchev–Trinajstić information content (AvgIpc) is 3.30. The lowest BCUT2D eigenvalue weighted by Crippen LogP contribution is -2.50. The van der Waals surface area contributed by atoms with Crippen molar-refractivity contribution in [2.45, 2.75) is 42.9 Å². The Morgan fingerprint density at radius 1 is 1.12 bits per heavy atom. The molecule has 1 atom stereocenters. The molecule has 1 amide bonds. The van der Waals surface area contributed by atoms with E-state index in [2.05, 4.69) is 29.0 Å². The minimum Gasteiger partial charge on any atom is -0.378 e. The van der Waals surface area contributed by atoms with Gasteiger partial charge in [-0.1, -0.05) is 18.2 Å². The molecular weight excluding hydrogens is 446 g/mol. The van der Waals surface area contributed by atoms with Gasteiger partial charge in [0.05, 0.1) is 23.8 Å². The molecule has 0 radical (unpaired) electrons. The number of benzene rings is 1. The first-order valence-corrected chi connectivity index (χ1v) is 12.5. The second-order valence-electron chi connectivity index (χ2n) is 9.29. The Kier molecular flexibility index (Phi) is 6.27. The summed E-state index contributed by atoms with van der Waals surface area (Å²) in [6, 6.07) is 13.4. The van der Waals surface area contributed by atoms with Crippen LogP contribution in [0, 0.1) is 6.92 Å². The third kappa shape index (κ3) is 4.65. The SMILES string of the molecule is Cc1ccc(-c2nc3c(c(N4CCOCC4)n2)SC(C(C)(C)NC(=O)c2ccccc2)C3)cn1. The third-order valence-corrected chi connectivity index (χ3v) is 8.01. The van der Waals surface area contributed by atoms with Crippen LogP contribution in [0.15, 0.2) is 53.6 Å². The Hall–Kier alpha value is -2.97. The summed E-state index contributed by atoms with van der Waals surface area (Å²) in [5.74, 6) is 1.59. The smallest absolute Gasteiger partial charge is 0.251 e. The molecule has 3 aromatic rings. The summed E-state index contributed by atoms with van der Waals surface area (Å²) in [7, 11) is 0. The summed E-state index contributed by atoms with van der Waals surface area (Å²) in [6.07, 6.45) is 2.60. The van der Waals surface area contributed by atoms with E-state index in [-0.39, 0.29) is 11.2 Å². The molecule has 1 saturated heterocycles. The largest absolute Gasteiger partial charge is 0.378 e. The van der Waals surface area contributed by atoms with Gasteiger partial charge in [-0.2, -0.15) is 0 Å². The second-order valence-corrected chi connectivity index (χ2v) is 10.5. The maximum Gasteiger partial charge on any atom is 0.251 e. The molecule has 0 bridgehead atoms. The number of ether oxygens (including phenoxy) is 1. The van der Waals surface area contributed by atoms with E-state index in [1.54, 1.807) is 11.8 Å². The van der Waals surface area contributed by atoms with Crippen LogP contribution in [0.2, 0.25) is 0 Å². The highest BCUT2D eigenvalue weighted by molar-refractivity contribution is 8.00. The highest BCUT2D eigenvalue weighted by Gasteiger charge is 2.40. The molecule has 2 aliphatic rings. The van der Waals surface area contributed by atoms with Gasteiger partial charge in [-0.05, 0) is 45.0 Å². The van der Waals surface area contributed by atoms with Gasteiger partial charge in [-0.3, -0.25) is 9.78 Å². The number of hydrogen-bond acceptors (Lipinski definition) is 7. The number of hydrogen-bond donors (Lipinski definition) is 1. The lowest BCUT2D eigenvalue weighted by atomic mass is 9.95. The number of pyridine rings is 1. The van der Waals surface area contributed by atoms with E-state index in [0.29, 0.717) is 24.6 Å². The van der Waals surface area contributed by atoms with Gasteiger partial charge in [0.1, 0.15) is 5.82 Å². The van der Waals surface area contributed by atoms with E-state index >= 15 is 0 Å². The van der Waals surface area contributed by atoms with Crippen LogP contribution in [-0.4, -0.2) is 58.0 Å². The second kappa shape index (κ2) is 9.35. The fourth-order valence-electron chi connectivity index (χ4n) is 4.26. The maximum atomic E-state index is 12.9. The summed E-state index contributed by atoms with van der Waals surface area (Å²) in [5.41, 5.74) is 3.13. The van der Waals surface area contributed by atoms with Crippen molar-refractivity contribution < 1.29 is 9.53 Å². The molecule has 176 valence electrons. The summed E-state index contributed by atoms with van der Waals surface area (Å²) in [6.45, 7) is 9.12. The molecule has 0 saturated carbocycles. The molecule has 0 aliphatic carbocycles. The molecule has 1 fully saturated rings. The zero-order valence-electron chi connectivity index (χ0n) is 19.7. The minimum absolute atomic E-state index is 0.0620. The number of nitrogens with zero attached hydrogens (tertiary/aromatic N) is 4. The summed E-state index contributed by atoms with van der Waals surface area (Å²) < 4.78 is 5.58. The first-order chi connectivity index (χ1) is 16.4. The predicted octanol–water partition coefficient (Wildman–Crippen LogP) is 3.91. The lowest BCUT2D eigenvalue weighted by molar-refractivity contribution is 0.0912. The number of rotatable bonds is 5. The number of fused-ring (bicyclic) bond motifs is 1. The first-order valence-electron chi connectivity index (χ1n) is 11.6. The highest BCUT2D eigenvalue weighted by atomic mass is 32.2. The van der Waals surface area contributed by atoms with Gasteiger partial charge in [-0.15, -0.1) is 11.8 Å². The number of anilines is 1. The zero-order chi connectivity index (χ0) is 23.7. The maximum absolute atomic E-state index is 12.9. The Morgan fingerprint density at radius 2 is 1.88 bits per heavy atom. The first kappa shape index (κ1) is 22.8. The molecule has 8 heteroatoms. The van der Waals surface area contributed by atoms with Crippen molar-refractivity contribution in [1.29, 1.82) is 0 Å².